The second kappa shape index (κ2) is 7.30. The van der Waals surface area contributed by atoms with Crippen LogP contribution in [0.15, 0.2) is 29.8 Å². The highest BCUT2D eigenvalue weighted by Gasteiger charge is 2.31. The molecule has 10 heteroatoms. The Morgan fingerprint density at radius 3 is 2.58 bits per heavy atom. The van der Waals surface area contributed by atoms with Crippen LogP contribution in [0, 0.1) is 0 Å². The summed E-state index contributed by atoms with van der Waals surface area (Å²) in [5.41, 5.74) is 0.736. The summed E-state index contributed by atoms with van der Waals surface area (Å²) in [4.78, 5) is 26.4. The van der Waals surface area contributed by atoms with E-state index in [0.717, 1.165) is 23.5 Å². The minimum Gasteiger partial charge on any atom is -0.530 e. The predicted octanol–water partition coefficient (Wildman–Crippen LogP) is 1.49. The number of alkyl halides is 3. The van der Waals surface area contributed by atoms with E-state index in [-0.39, 0.29) is 24.3 Å². The quantitative estimate of drug-likeness (QED) is 0.792. The first-order valence-corrected chi connectivity index (χ1v) is 7.51. The molecule has 0 bridgehead atoms. The first-order valence-electron chi connectivity index (χ1n) is 6.63. The molecule has 2 rings (SSSR count). The maximum absolute atomic E-state index is 12.8. The minimum absolute atomic E-state index is 0.00757. The number of hydrogen-bond acceptors (Lipinski definition) is 5. The van der Waals surface area contributed by atoms with Crippen LogP contribution in [0.3, 0.4) is 0 Å². The number of carbonyl (C=O) groups excluding carboxylic acids is 2. The lowest BCUT2D eigenvalue weighted by atomic mass is 10.1. The number of halogens is 3. The van der Waals surface area contributed by atoms with Gasteiger partial charge in [0.25, 0.3) is 5.91 Å². The molecule has 0 radical (unpaired) electrons. The lowest BCUT2D eigenvalue weighted by molar-refractivity contribution is -0.250. The molecule has 0 saturated carbocycles. The summed E-state index contributed by atoms with van der Waals surface area (Å²) in [7, 11) is 0. The molecule has 1 aromatic carbocycles. The zero-order chi connectivity index (χ0) is 17.7. The molecule has 0 unspecified atom stereocenters. The van der Waals surface area contributed by atoms with E-state index in [0.29, 0.717) is 4.88 Å². The fraction of sp³-hybridized carbons (Fsp3) is 0.214. The van der Waals surface area contributed by atoms with Gasteiger partial charge in [0.15, 0.2) is 0 Å². The zero-order valence-electron chi connectivity index (χ0n) is 12.0. The zero-order valence-corrected chi connectivity index (χ0v) is 12.8. The third-order valence-corrected chi connectivity index (χ3v) is 3.79. The number of nitrogens with zero attached hydrogens (tertiary/aromatic N) is 1. The molecule has 6 nitrogen and oxygen atoms in total. The van der Waals surface area contributed by atoms with E-state index in [1.807, 2.05) is 5.32 Å². The van der Waals surface area contributed by atoms with E-state index in [2.05, 4.69) is 10.3 Å². The Hall–Kier alpha value is -2.62. The van der Waals surface area contributed by atoms with E-state index in [1.165, 1.54) is 17.6 Å². The van der Waals surface area contributed by atoms with Crippen molar-refractivity contribution in [1.82, 2.24) is 15.6 Å². The van der Waals surface area contributed by atoms with E-state index in [4.69, 9.17) is 0 Å². The molecule has 24 heavy (non-hydrogen) atoms. The number of rotatable bonds is 5. The first kappa shape index (κ1) is 17.7. The van der Waals surface area contributed by atoms with Gasteiger partial charge in [-0.2, -0.15) is 13.2 Å². The molecule has 0 aliphatic rings. The molecular formula is C14H11F3N3O3S-. The van der Waals surface area contributed by atoms with Crippen LogP contribution in [0.25, 0.3) is 10.4 Å². The summed E-state index contributed by atoms with van der Waals surface area (Å²) in [5, 5.41) is 14.6. The summed E-state index contributed by atoms with van der Waals surface area (Å²) >= 11 is 1.04. The van der Waals surface area contributed by atoms with Crippen LogP contribution in [0.5, 0.6) is 0 Å². The predicted molar refractivity (Wildman–Crippen MR) is 78.3 cm³/mol. The number of thiazole rings is 1. The molecule has 2 N–H and O–H groups in total. The lowest BCUT2D eigenvalue weighted by Gasteiger charge is -2.09. The van der Waals surface area contributed by atoms with Gasteiger partial charge < -0.3 is 20.5 Å². The molecule has 0 fully saturated rings. The summed E-state index contributed by atoms with van der Waals surface area (Å²) in [6, 6.07) is 4.60. The monoisotopic (exact) mass is 358 g/mol. The molecule has 2 aromatic rings. The number of carbonyl (C=O) groups is 2. The molecule has 0 saturated heterocycles. The largest absolute Gasteiger partial charge is 0.530 e. The van der Waals surface area contributed by atoms with Crippen molar-refractivity contribution in [3.05, 3.63) is 41.0 Å². The highest BCUT2D eigenvalue weighted by molar-refractivity contribution is 7.13. The van der Waals surface area contributed by atoms with E-state index in [1.54, 1.807) is 0 Å². The number of nitrogens with one attached hydrogen (secondary N) is 2. The smallest absolute Gasteiger partial charge is 0.416 e. The Balaban J connectivity index is 2.15. The fourth-order valence-electron chi connectivity index (χ4n) is 1.87. The van der Waals surface area contributed by atoms with Crippen LogP contribution < -0.4 is 15.7 Å². The van der Waals surface area contributed by atoms with Crippen molar-refractivity contribution in [2.45, 2.75) is 6.18 Å². The summed E-state index contributed by atoms with van der Waals surface area (Å²) in [5.74, 6) is -0.608. The van der Waals surface area contributed by atoms with Crippen molar-refractivity contribution >= 4 is 23.3 Å². The van der Waals surface area contributed by atoms with Gasteiger partial charge in [0.1, 0.15) is 11.8 Å². The molecule has 0 atom stereocenters. The molecule has 0 aliphatic heterocycles. The second-order valence-corrected chi connectivity index (χ2v) is 5.43. The molecule has 0 spiro atoms. The van der Waals surface area contributed by atoms with Gasteiger partial charge in [-0.05, 0) is 17.7 Å². The van der Waals surface area contributed by atoms with Gasteiger partial charge in [0.2, 0.25) is 0 Å². The Kier molecular flexibility index (Phi) is 5.39. The van der Waals surface area contributed by atoms with E-state index in [9.17, 15) is 27.9 Å². The van der Waals surface area contributed by atoms with Crippen LogP contribution in [0.1, 0.15) is 16.1 Å². The minimum atomic E-state index is -4.49. The summed E-state index contributed by atoms with van der Waals surface area (Å²) < 4.78 is 38.4. The van der Waals surface area contributed by atoms with Crippen LogP contribution in [-0.2, 0) is 6.18 Å². The van der Waals surface area contributed by atoms with Gasteiger partial charge in [-0.25, -0.2) is 4.98 Å². The second-order valence-electron chi connectivity index (χ2n) is 4.58. The molecule has 1 heterocycles. The molecular weight excluding hydrogens is 347 g/mol. The average molecular weight is 358 g/mol. The van der Waals surface area contributed by atoms with Crippen molar-refractivity contribution in [1.29, 1.82) is 0 Å². The number of carboxylic acid groups (broad SMARTS) is 1. The van der Waals surface area contributed by atoms with Crippen molar-refractivity contribution < 1.29 is 27.9 Å². The Labute approximate surface area is 138 Å². The van der Waals surface area contributed by atoms with Crippen LogP contribution >= 0.6 is 11.3 Å². The summed E-state index contributed by atoms with van der Waals surface area (Å²) in [6.07, 6.45) is -5.96. The molecule has 2 amide bonds. The standard InChI is InChI=1S/C14H12F3N3O3S/c15-14(16,17)9-3-1-2-8(6-9)11-10(20-7-24-11)12(21)18-4-5-19-13(22)23/h1-3,6-7,19H,4-5H2,(H,18,21)(H,22,23)/p-1. The molecule has 1 aromatic heterocycles. The Morgan fingerprint density at radius 1 is 1.21 bits per heavy atom. The van der Waals surface area contributed by atoms with E-state index >= 15 is 0 Å². The number of hydrogen-bond donors (Lipinski definition) is 2. The van der Waals surface area contributed by atoms with Crippen molar-refractivity contribution in [3.8, 4) is 10.4 Å². The highest BCUT2D eigenvalue weighted by Crippen LogP contribution is 2.34. The third kappa shape index (κ3) is 4.44. The van der Waals surface area contributed by atoms with Crippen LogP contribution in [-0.4, -0.2) is 30.1 Å². The SMILES string of the molecule is O=C([O-])NCCNC(=O)c1ncsc1-c1cccc(C(F)(F)F)c1. The maximum atomic E-state index is 12.8. The van der Waals surface area contributed by atoms with Gasteiger partial charge in [-0.15, -0.1) is 11.3 Å². The van der Waals surface area contributed by atoms with Gasteiger partial charge >= 0.3 is 6.18 Å². The van der Waals surface area contributed by atoms with Crippen molar-refractivity contribution in [2.75, 3.05) is 13.1 Å². The third-order valence-electron chi connectivity index (χ3n) is 2.91. The highest BCUT2D eigenvalue weighted by atomic mass is 32.1. The maximum Gasteiger partial charge on any atom is 0.416 e. The summed E-state index contributed by atoms with van der Waals surface area (Å²) in [6.45, 7) is -0.0660. The molecule has 0 aliphatic carbocycles. The van der Waals surface area contributed by atoms with Crippen molar-refractivity contribution in [3.63, 3.8) is 0 Å². The van der Waals surface area contributed by atoms with Crippen LogP contribution in [0.2, 0.25) is 0 Å². The Bertz CT molecular complexity index is 746. The lowest BCUT2D eigenvalue weighted by Crippen LogP contribution is -2.41. The van der Waals surface area contributed by atoms with E-state index < -0.39 is 23.7 Å². The average Bonchev–Trinajstić information content (AvgIpc) is 3.00. The number of aromatic nitrogens is 1. The Morgan fingerprint density at radius 2 is 1.92 bits per heavy atom. The van der Waals surface area contributed by atoms with Gasteiger partial charge in [-0.1, -0.05) is 12.1 Å². The number of benzene rings is 1. The fourth-order valence-corrected chi connectivity index (χ4v) is 2.66. The number of amides is 2. The van der Waals surface area contributed by atoms with Gasteiger partial charge in [-0.3, -0.25) is 4.79 Å². The van der Waals surface area contributed by atoms with Crippen molar-refractivity contribution in [2.24, 2.45) is 0 Å². The van der Waals surface area contributed by atoms with Gasteiger partial charge in [0.05, 0.1) is 16.0 Å². The molecule has 128 valence electrons. The normalized spacial score (nSPS) is 11.1. The topological polar surface area (TPSA) is 94.1 Å². The van der Waals surface area contributed by atoms with Gasteiger partial charge in [0, 0.05) is 13.1 Å². The first-order chi connectivity index (χ1) is 11.3. The van der Waals surface area contributed by atoms with Crippen LogP contribution in [0.4, 0.5) is 18.0 Å².